The molecule has 0 aromatic rings. The topological polar surface area (TPSA) is 61.4 Å². The molecule has 0 saturated carbocycles. The van der Waals surface area contributed by atoms with Crippen LogP contribution in [0, 0.1) is 11.3 Å². The molecular weight excluding hydrogens is 204 g/mol. The second kappa shape index (κ2) is 5.64. The van der Waals surface area contributed by atoms with E-state index in [1.807, 2.05) is 13.8 Å². The van der Waals surface area contributed by atoms with Gasteiger partial charge >= 0.3 is 0 Å². The summed E-state index contributed by atoms with van der Waals surface area (Å²) in [5.74, 6) is 0.458. The molecule has 4 nitrogen and oxygen atoms in total. The van der Waals surface area contributed by atoms with Gasteiger partial charge in [-0.05, 0) is 25.3 Å². The Morgan fingerprint density at radius 1 is 1.56 bits per heavy atom. The van der Waals surface area contributed by atoms with Gasteiger partial charge in [-0.3, -0.25) is 4.79 Å². The number of carbonyl (C=O) groups is 1. The number of amides is 1. The predicted molar refractivity (Wildman–Crippen MR) is 64.1 cm³/mol. The molecular formula is C12H24N2O2. The summed E-state index contributed by atoms with van der Waals surface area (Å²) >= 11 is 0. The van der Waals surface area contributed by atoms with Crippen molar-refractivity contribution >= 4 is 5.91 Å². The molecule has 0 spiro atoms. The lowest BCUT2D eigenvalue weighted by Gasteiger charge is -2.30. The van der Waals surface area contributed by atoms with Crippen molar-refractivity contribution in [3.8, 4) is 0 Å². The summed E-state index contributed by atoms with van der Waals surface area (Å²) < 4.78 is 0. The number of hydrogen-bond donors (Lipinski definition) is 3. The van der Waals surface area contributed by atoms with E-state index in [1.165, 1.54) is 0 Å². The molecule has 1 rings (SSSR count). The minimum absolute atomic E-state index is 0.0636. The standard InChI is InChI=1S/C12H24N2O2/c1-9-5-4-6-13-10(9)11(16)14-7-12(2,3)8-15/h9-10,13,15H,4-8H2,1-3H3,(H,14,16). The summed E-state index contributed by atoms with van der Waals surface area (Å²) in [4.78, 5) is 11.9. The van der Waals surface area contributed by atoms with Gasteiger partial charge in [0.2, 0.25) is 5.91 Å². The molecule has 0 aromatic heterocycles. The van der Waals surface area contributed by atoms with Crippen LogP contribution in [0.2, 0.25) is 0 Å². The maximum absolute atomic E-state index is 11.9. The summed E-state index contributed by atoms with van der Waals surface area (Å²) in [6.45, 7) is 7.50. The summed E-state index contributed by atoms with van der Waals surface area (Å²) in [7, 11) is 0. The van der Waals surface area contributed by atoms with E-state index in [0.29, 0.717) is 12.5 Å². The van der Waals surface area contributed by atoms with E-state index in [0.717, 1.165) is 19.4 Å². The van der Waals surface area contributed by atoms with Crippen molar-refractivity contribution in [2.24, 2.45) is 11.3 Å². The highest BCUT2D eigenvalue weighted by Crippen LogP contribution is 2.16. The normalized spacial score (nSPS) is 26.5. The van der Waals surface area contributed by atoms with E-state index >= 15 is 0 Å². The Labute approximate surface area is 97.8 Å². The van der Waals surface area contributed by atoms with Gasteiger partial charge in [-0.15, -0.1) is 0 Å². The molecule has 0 bridgehead atoms. The fourth-order valence-electron chi connectivity index (χ4n) is 1.89. The fraction of sp³-hybridized carbons (Fsp3) is 0.917. The van der Waals surface area contributed by atoms with Crippen molar-refractivity contribution in [2.75, 3.05) is 19.7 Å². The van der Waals surface area contributed by atoms with Crippen LogP contribution >= 0.6 is 0 Å². The lowest BCUT2D eigenvalue weighted by molar-refractivity contribution is -0.125. The highest BCUT2D eigenvalue weighted by atomic mass is 16.3. The van der Waals surface area contributed by atoms with Crippen LogP contribution in [-0.4, -0.2) is 36.8 Å². The maximum atomic E-state index is 11.9. The van der Waals surface area contributed by atoms with Gasteiger partial charge in [-0.25, -0.2) is 0 Å². The van der Waals surface area contributed by atoms with Crippen LogP contribution in [0.5, 0.6) is 0 Å². The van der Waals surface area contributed by atoms with Crippen LogP contribution in [0.1, 0.15) is 33.6 Å². The van der Waals surface area contributed by atoms with Gasteiger partial charge < -0.3 is 15.7 Å². The number of piperidine rings is 1. The average molecular weight is 228 g/mol. The van der Waals surface area contributed by atoms with Crippen LogP contribution in [0.3, 0.4) is 0 Å². The van der Waals surface area contributed by atoms with Gasteiger partial charge in [0, 0.05) is 18.6 Å². The highest BCUT2D eigenvalue weighted by Gasteiger charge is 2.28. The van der Waals surface area contributed by atoms with E-state index in [9.17, 15) is 4.79 Å². The van der Waals surface area contributed by atoms with Gasteiger partial charge in [-0.1, -0.05) is 20.8 Å². The number of carbonyl (C=O) groups excluding carboxylic acids is 1. The first-order valence-corrected chi connectivity index (χ1v) is 6.08. The Morgan fingerprint density at radius 2 is 2.25 bits per heavy atom. The van der Waals surface area contributed by atoms with Crippen LogP contribution in [0.15, 0.2) is 0 Å². The second-order valence-electron chi connectivity index (χ2n) is 5.59. The summed E-state index contributed by atoms with van der Waals surface area (Å²) in [6.07, 6.45) is 2.25. The molecule has 1 amide bonds. The summed E-state index contributed by atoms with van der Waals surface area (Å²) in [5, 5.41) is 15.3. The molecule has 0 radical (unpaired) electrons. The van der Waals surface area contributed by atoms with Crippen molar-refractivity contribution in [2.45, 2.75) is 39.7 Å². The zero-order valence-corrected chi connectivity index (χ0v) is 10.5. The fourth-order valence-corrected chi connectivity index (χ4v) is 1.89. The molecule has 2 unspecified atom stereocenters. The van der Waals surface area contributed by atoms with Gasteiger partial charge in [0.05, 0.1) is 6.04 Å². The largest absolute Gasteiger partial charge is 0.396 e. The highest BCUT2D eigenvalue weighted by molar-refractivity contribution is 5.82. The third-order valence-electron chi connectivity index (χ3n) is 3.22. The van der Waals surface area contributed by atoms with Gasteiger partial charge in [0.1, 0.15) is 0 Å². The third kappa shape index (κ3) is 3.76. The summed E-state index contributed by atoms with van der Waals surface area (Å²) in [6, 6.07) is -0.0664. The predicted octanol–water partition coefficient (Wildman–Crippen LogP) is 0.509. The van der Waals surface area contributed by atoms with E-state index < -0.39 is 0 Å². The number of rotatable bonds is 4. The third-order valence-corrected chi connectivity index (χ3v) is 3.22. The van der Waals surface area contributed by atoms with Crippen molar-refractivity contribution in [3.05, 3.63) is 0 Å². The average Bonchev–Trinajstić information content (AvgIpc) is 2.27. The molecule has 1 fully saturated rings. The zero-order chi connectivity index (χ0) is 12.2. The molecule has 94 valence electrons. The van der Waals surface area contributed by atoms with Crippen molar-refractivity contribution in [3.63, 3.8) is 0 Å². The van der Waals surface area contributed by atoms with Crippen molar-refractivity contribution < 1.29 is 9.90 Å². The van der Waals surface area contributed by atoms with Crippen LogP contribution in [0.4, 0.5) is 0 Å². The number of aliphatic hydroxyl groups is 1. The Kier molecular flexibility index (Phi) is 4.74. The molecule has 1 aliphatic heterocycles. The quantitative estimate of drug-likeness (QED) is 0.657. The van der Waals surface area contributed by atoms with Gasteiger partial charge in [-0.2, -0.15) is 0 Å². The molecule has 1 heterocycles. The van der Waals surface area contributed by atoms with Gasteiger partial charge in [0.15, 0.2) is 0 Å². The van der Waals surface area contributed by atoms with Crippen LogP contribution in [-0.2, 0) is 4.79 Å². The molecule has 3 N–H and O–H groups in total. The Hall–Kier alpha value is -0.610. The second-order valence-corrected chi connectivity index (χ2v) is 5.59. The minimum atomic E-state index is -0.242. The van der Waals surface area contributed by atoms with E-state index in [2.05, 4.69) is 17.6 Å². The Balaban J connectivity index is 2.39. The molecule has 4 heteroatoms. The minimum Gasteiger partial charge on any atom is -0.396 e. The molecule has 0 aromatic carbocycles. The monoisotopic (exact) mass is 228 g/mol. The van der Waals surface area contributed by atoms with Crippen molar-refractivity contribution in [1.29, 1.82) is 0 Å². The Morgan fingerprint density at radius 3 is 2.81 bits per heavy atom. The van der Waals surface area contributed by atoms with Crippen LogP contribution < -0.4 is 10.6 Å². The molecule has 16 heavy (non-hydrogen) atoms. The van der Waals surface area contributed by atoms with E-state index in [-0.39, 0.29) is 24.0 Å². The zero-order valence-electron chi connectivity index (χ0n) is 10.5. The first-order valence-electron chi connectivity index (χ1n) is 6.08. The Bertz CT molecular complexity index is 241. The smallest absolute Gasteiger partial charge is 0.237 e. The molecule has 1 aliphatic rings. The van der Waals surface area contributed by atoms with Crippen LogP contribution in [0.25, 0.3) is 0 Å². The lowest BCUT2D eigenvalue weighted by atomic mass is 9.91. The van der Waals surface area contributed by atoms with Gasteiger partial charge in [0.25, 0.3) is 0 Å². The first-order chi connectivity index (χ1) is 7.46. The SMILES string of the molecule is CC1CCCNC1C(=O)NCC(C)(C)CO. The van der Waals surface area contributed by atoms with E-state index in [4.69, 9.17) is 5.11 Å². The number of hydrogen-bond acceptors (Lipinski definition) is 3. The molecule has 1 saturated heterocycles. The van der Waals surface area contributed by atoms with E-state index in [1.54, 1.807) is 0 Å². The molecule has 0 aliphatic carbocycles. The number of nitrogens with one attached hydrogen (secondary N) is 2. The van der Waals surface area contributed by atoms with Crippen molar-refractivity contribution in [1.82, 2.24) is 10.6 Å². The lowest BCUT2D eigenvalue weighted by Crippen LogP contribution is -2.52. The first kappa shape index (κ1) is 13.5. The maximum Gasteiger partial charge on any atom is 0.237 e. The molecule has 2 atom stereocenters. The number of aliphatic hydroxyl groups excluding tert-OH is 1. The summed E-state index contributed by atoms with van der Waals surface area (Å²) in [5.41, 5.74) is -0.242.